The Labute approximate surface area is 108 Å². The van der Waals surface area contributed by atoms with Crippen molar-refractivity contribution in [3.05, 3.63) is 47.4 Å². The van der Waals surface area contributed by atoms with E-state index >= 15 is 0 Å². The molecule has 0 aliphatic carbocycles. The Hall–Kier alpha value is -2.20. The molecule has 0 fully saturated rings. The molecule has 0 radical (unpaired) electrons. The number of aldehydes is 1. The van der Waals surface area contributed by atoms with Crippen molar-refractivity contribution < 1.29 is 4.79 Å². The van der Waals surface area contributed by atoms with E-state index in [1.807, 2.05) is 18.2 Å². The Morgan fingerprint density at radius 1 is 1.28 bits per heavy atom. The topological polar surface area (TPSA) is 58.6 Å². The van der Waals surface area contributed by atoms with Gasteiger partial charge in [0.1, 0.15) is 10.8 Å². The average Bonchev–Trinajstić information content (AvgIpc) is 2.81. The number of carbonyl (C=O) groups excluding carboxylic acids is 1. The summed E-state index contributed by atoms with van der Waals surface area (Å²) in [4.78, 5) is 22.2. The van der Waals surface area contributed by atoms with Crippen LogP contribution in [0, 0.1) is 0 Å². The minimum Gasteiger partial charge on any atom is -0.345 e. The van der Waals surface area contributed by atoms with Crippen molar-refractivity contribution in [3.8, 4) is 11.3 Å². The standard InChI is InChI=1S/C13H8ClN3O/c14-12-10(2-1-5-15-12)11-4-3-9-8(7-18)6-16-13(9)17-11/h1-7H,(H,16,17). The number of H-pyrrole nitrogens is 1. The normalized spacial score (nSPS) is 10.7. The zero-order valence-corrected chi connectivity index (χ0v) is 9.98. The van der Waals surface area contributed by atoms with Crippen molar-refractivity contribution in [1.82, 2.24) is 15.0 Å². The molecule has 18 heavy (non-hydrogen) atoms. The molecule has 88 valence electrons. The number of nitrogens with zero attached hydrogens (tertiary/aromatic N) is 2. The zero-order valence-electron chi connectivity index (χ0n) is 9.22. The van der Waals surface area contributed by atoms with Gasteiger partial charge in [0.15, 0.2) is 6.29 Å². The highest BCUT2D eigenvalue weighted by Crippen LogP contribution is 2.26. The predicted octanol–water partition coefficient (Wildman–Crippen LogP) is 3.09. The van der Waals surface area contributed by atoms with Crippen LogP contribution in [0.25, 0.3) is 22.3 Å². The summed E-state index contributed by atoms with van der Waals surface area (Å²) >= 11 is 6.02. The van der Waals surface area contributed by atoms with E-state index in [-0.39, 0.29) is 0 Å². The maximum atomic E-state index is 10.8. The molecule has 0 atom stereocenters. The molecular formula is C13H8ClN3O. The molecule has 0 aliphatic rings. The number of carbonyl (C=O) groups is 1. The highest BCUT2D eigenvalue weighted by atomic mass is 35.5. The summed E-state index contributed by atoms with van der Waals surface area (Å²) in [6, 6.07) is 7.33. The van der Waals surface area contributed by atoms with Gasteiger partial charge in [-0.25, -0.2) is 9.97 Å². The minimum absolute atomic E-state index is 0.409. The van der Waals surface area contributed by atoms with Gasteiger partial charge < -0.3 is 4.98 Å². The molecule has 0 saturated heterocycles. The van der Waals surface area contributed by atoms with Crippen LogP contribution < -0.4 is 0 Å². The molecule has 0 bridgehead atoms. The second-order valence-corrected chi connectivity index (χ2v) is 4.15. The third-order valence-electron chi connectivity index (χ3n) is 2.73. The summed E-state index contributed by atoms with van der Waals surface area (Å²) in [6.45, 7) is 0. The number of pyridine rings is 2. The molecule has 3 heterocycles. The second kappa shape index (κ2) is 4.23. The number of hydrogen-bond donors (Lipinski definition) is 1. The fourth-order valence-corrected chi connectivity index (χ4v) is 2.07. The van der Waals surface area contributed by atoms with Crippen LogP contribution in [0.15, 0.2) is 36.7 Å². The Bertz CT molecular complexity index is 736. The molecule has 0 aliphatic heterocycles. The van der Waals surface area contributed by atoms with Crippen LogP contribution in [-0.2, 0) is 0 Å². The first-order valence-corrected chi connectivity index (χ1v) is 5.71. The first-order valence-electron chi connectivity index (χ1n) is 5.34. The van der Waals surface area contributed by atoms with Crippen LogP contribution in [0.3, 0.4) is 0 Å². The predicted molar refractivity (Wildman–Crippen MR) is 69.7 cm³/mol. The van der Waals surface area contributed by atoms with Crippen LogP contribution in [-0.4, -0.2) is 21.2 Å². The van der Waals surface area contributed by atoms with Crippen LogP contribution in [0.1, 0.15) is 10.4 Å². The van der Waals surface area contributed by atoms with E-state index in [1.54, 1.807) is 18.5 Å². The van der Waals surface area contributed by atoms with E-state index in [0.717, 1.165) is 22.9 Å². The lowest BCUT2D eigenvalue weighted by atomic mass is 10.1. The maximum absolute atomic E-state index is 10.8. The molecule has 3 aromatic heterocycles. The number of nitrogens with one attached hydrogen (secondary N) is 1. The highest BCUT2D eigenvalue weighted by Gasteiger charge is 2.08. The van der Waals surface area contributed by atoms with Crippen molar-refractivity contribution in [2.45, 2.75) is 0 Å². The lowest BCUT2D eigenvalue weighted by Gasteiger charge is -2.02. The third-order valence-corrected chi connectivity index (χ3v) is 3.03. The fraction of sp³-hybridized carbons (Fsp3) is 0. The largest absolute Gasteiger partial charge is 0.345 e. The molecule has 0 saturated carbocycles. The summed E-state index contributed by atoms with van der Waals surface area (Å²) in [5.74, 6) is 0. The molecule has 1 N–H and O–H groups in total. The van der Waals surface area contributed by atoms with E-state index in [4.69, 9.17) is 11.6 Å². The quantitative estimate of drug-likeness (QED) is 0.567. The minimum atomic E-state index is 0.409. The van der Waals surface area contributed by atoms with Gasteiger partial charge in [-0.05, 0) is 24.3 Å². The molecule has 3 aromatic rings. The average molecular weight is 258 g/mol. The molecule has 0 amide bonds. The van der Waals surface area contributed by atoms with Gasteiger partial charge in [-0.1, -0.05) is 11.6 Å². The lowest BCUT2D eigenvalue weighted by Crippen LogP contribution is -1.87. The van der Waals surface area contributed by atoms with E-state index in [0.29, 0.717) is 16.4 Å². The molecule has 5 heteroatoms. The van der Waals surface area contributed by atoms with Crippen molar-refractivity contribution in [2.24, 2.45) is 0 Å². The van der Waals surface area contributed by atoms with E-state index < -0.39 is 0 Å². The fourth-order valence-electron chi connectivity index (χ4n) is 1.85. The molecule has 4 nitrogen and oxygen atoms in total. The van der Waals surface area contributed by atoms with Crippen molar-refractivity contribution in [3.63, 3.8) is 0 Å². The summed E-state index contributed by atoms with van der Waals surface area (Å²) in [5, 5.41) is 1.21. The SMILES string of the molecule is O=Cc1c[nH]c2nc(-c3cccnc3Cl)ccc12. The van der Waals surface area contributed by atoms with Gasteiger partial charge in [0, 0.05) is 28.9 Å². The summed E-state index contributed by atoms with van der Waals surface area (Å²) in [6.07, 6.45) is 4.07. The number of fused-ring (bicyclic) bond motifs is 1. The lowest BCUT2D eigenvalue weighted by molar-refractivity contribution is 0.112. The number of halogens is 1. The van der Waals surface area contributed by atoms with Gasteiger partial charge in [-0.2, -0.15) is 0 Å². The summed E-state index contributed by atoms with van der Waals surface area (Å²) in [5.41, 5.74) is 2.75. The number of hydrogen-bond acceptors (Lipinski definition) is 3. The second-order valence-electron chi connectivity index (χ2n) is 3.80. The Kier molecular flexibility index (Phi) is 2.57. The first kappa shape index (κ1) is 10.9. The van der Waals surface area contributed by atoms with E-state index in [9.17, 15) is 4.79 Å². The summed E-state index contributed by atoms with van der Waals surface area (Å²) < 4.78 is 0. The Morgan fingerprint density at radius 2 is 2.17 bits per heavy atom. The van der Waals surface area contributed by atoms with Gasteiger partial charge in [-0.15, -0.1) is 0 Å². The molecule has 0 unspecified atom stereocenters. The van der Waals surface area contributed by atoms with Gasteiger partial charge in [0.25, 0.3) is 0 Å². The summed E-state index contributed by atoms with van der Waals surface area (Å²) in [7, 11) is 0. The van der Waals surface area contributed by atoms with Gasteiger partial charge in [0.2, 0.25) is 0 Å². The third kappa shape index (κ3) is 1.67. The van der Waals surface area contributed by atoms with Crippen molar-refractivity contribution in [1.29, 1.82) is 0 Å². The number of rotatable bonds is 2. The monoisotopic (exact) mass is 257 g/mol. The van der Waals surface area contributed by atoms with Crippen LogP contribution >= 0.6 is 11.6 Å². The number of aromatic nitrogens is 3. The molecule has 0 spiro atoms. The molecular weight excluding hydrogens is 250 g/mol. The number of aromatic amines is 1. The van der Waals surface area contributed by atoms with E-state index in [2.05, 4.69) is 15.0 Å². The Balaban J connectivity index is 2.20. The highest BCUT2D eigenvalue weighted by molar-refractivity contribution is 6.32. The molecule has 3 rings (SSSR count). The Morgan fingerprint density at radius 3 is 2.94 bits per heavy atom. The van der Waals surface area contributed by atoms with Crippen molar-refractivity contribution in [2.75, 3.05) is 0 Å². The van der Waals surface area contributed by atoms with Crippen molar-refractivity contribution >= 4 is 28.9 Å². The van der Waals surface area contributed by atoms with Gasteiger partial charge >= 0.3 is 0 Å². The molecule has 0 aromatic carbocycles. The van der Waals surface area contributed by atoms with Crippen LogP contribution in [0.2, 0.25) is 5.15 Å². The van der Waals surface area contributed by atoms with Crippen LogP contribution in [0.4, 0.5) is 0 Å². The van der Waals surface area contributed by atoms with Crippen LogP contribution in [0.5, 0.6) is 0 Å². The zero-order chi connectivity index (χ0) is 12.5. The maximum Gasteiger partial charge on any atom is 0.152 e. The van der Waals surface area contributed by atoms with Gasteiger partial charge in [0.05, 0.1) is 5.69 Å². The van der Waals surface area contributed by atoms with Gasteiger partial charge in [-0.3, -0.25) is 4.79 Å². The smallest absolute Gasteiger partial charge is 0.152 e. The van der Waals surface area contributed by atoms with E-state index in [1.165, 1.54) is 0 Å². The first-order chi connectivity index (χ1) is 8.79.